The molecule has 0 unspecified atom stereocenters. The predicted octanol–water partition coefficient (Wildman–Crippen LogP) is 3.25. The molecule has 0 bridgehead atoms. The van der Waals surface area contributed by atoms with E-state index in [1.165, 1.54) is 0 Å². The third kappa shape index (κ3) is 8.34. The van der Waals surface area contributed by atoms with E-state index in [0.717, 1.165) is 0 Å². The van der Waals surface area contributed by atoms with Crippen molar-refractivity contribution in [2.24, 2.45) is 0 Å². The fraction of sp³-hybridized carbons (Fsp3) is 1.00. The molecule has 0 aliphatic heterocycles. The molecule has 0 radical (unpaired) electrons. The lowest BCUT2D eigenvalue weighted by atomic mass is 11.5. The lowest BCUT2D eigenvalue weighted by molar-refractivity contribution is -0.0377. The van der Waals surface area contributed by atoms with Crippen LogP contribution in [0.1, 0.15) is 0 Å². The monoisotopic (exact) mass is 231 g/mol. The summed E-state index contributed by atoms with van der Waals surface area (Å²) in [7, 11) is 0.691. The number of nitrogens with zero attached hydrogens (tertiary/aromatic N) is 1. The molecule has 0 aromatic carbocycles. The summed E-state index contributed by atoms with van der Waals surface area (Å²) in [5.41, 5.74) is -9.38. The normalized spacial score (nSPS) is 14.0. The zero-order valence-electron chi connectivity index (χ0n) is 5.53. The molecule has 0 aromatic heterocycles. The lowest BCUT2D eigenvalue weighted by Crippen LogP contribution is -2.15. The fourth-order valence-corrected chi connectivity index (χ4v) is 1.55. The Kier molecular flexibility index (Phi) is 4.04. The summed E-state index contributed by atoms with van der Waals surface area (Å²) in [5, 5.41) is 0. The van der Waals surface area contributed by atoms with Gasteiger partial charge in [0.1, 0.15) is 0 Å². The first-order chi connectivity index (χ1) is 5.10. The number of halogens is 6. The molecule has 1 nitrogen and oxygen atoms in total. The van der Waals surface area contributed by atoms with Crippen LogP contribution in [0.4, 0.5) is 26.3 Å². The minimum absolute atomic E-state index is 0. The fourth-order valence-electron chi connectivity index (χ4n) is 0.310. The maximum absolute atomic E-state index is 11.4. The van der Waals surface area contributed by atoms with Crippen molar-refractivity contribution >= 4 is 23.9 Å². The Balaban J connectivity index is 3.83. The molecule has 0 fully saturated rings. The van der Waals surface area contributed by atoms with Crippen molar-refractivity contribution in [3.05, 3.63) is 0 Å². The number of hydrogen-bond donors (Lipinski definition) is 0. The van der Waals surface area contributed by atoms with Crippen molar-refractivity contribution in [2.75, 3.05) is 7.05 Å². The maximum Gasteiger partial charge on any atom is 0.457 e. The van der Waals surface area contributed by atoms with Gasteiger partial charge >= 0.3 is 11.0 Å². The summed E-state index contributed by atoms with van der Waals surface area (Å²) in [6.07, 6.45) is 0. The molecule has 0 spiro atoms. The molecule has 0 aliphatic rings. The Morgan fingerprint density at radius 1 is 0.833 bits per heavy atom. The second kappa shape index (κ2) is 3.97. The summed E-state index contributed by atoms with van der Waals surface area (Å²) in [6.45, 7) is 0. The third-order valence-electron chi connectivity index (χ3n) is 0.464. The van der Waals surface area contributed by atoms with Crippen LogP contribution in [0.3, 0.4) is 0 Å². The quantitative estimate of drug-likeness (QED) is 0.530. The number of hydrogen-bond acceptors (Lipinski definition) is 3. The molecule has 12 heavy (non-hydrogen) atoms. The highest BCUT2D eigenvalue weighted by molar-refractivity contribution is 8.12. The second-order valence-corrected chi connectivity index (χ2v) is 4.13. The van der Waals surface area contributed by atoms with Crippen molar-refractivity contribution in [3.63, 3.8) is 0 Å². The lowest BCUT2D eigenvalue weighted by Gasteiger charge is -2.16. The largest absolute Gasteiger partial charge is 0.457 e. The van der Waals surface area contributed by atoms with E-state index in [0.29, 0.717) is 7.05 Å². The Labute approximate surface area is 72.7 Å². The van der Waals surface area contributed by atoms with Crippen molar-refractivity contribution in [1.29, 1.82) is 0 Å². The number of rotatable bonds is 2. The van der Waals surface area contributed by atoms with Gasteiger partial charge in [0.2, 0.25) is 0 Å². The molecule has 0 aromatic rings. The zero-order chi connectivity index (χ0) is 9.99. The summed E-state index contributed by atoms with van der Waals surface area (Å²) in [6, 6.07) is 0. The molecule has 0 atom stereocenters. The van der Waals surface area contributed by atoms with Crippen LogP contribution in [0.15, 0.2) is 0 Å². The molecule has 0 amide bonds. The standard InChI is InChI=1S/C3H3F6NS2/c1-10(11-2(4,5)6)12-3(7,8)9/h1H3. The van der Waals surface area contributed by atoms with Crippen LogP contribution < -0.4 is 0 Å². The molecule has 74 valence electrons. The molecular weight excluding hydrogens is 228 g/mol. The van der Waals surface area contributed by atoms with Gasteiger partial charge in [0.05, 0.1) is 0 Å². The van der Waals surface area contributed by atoms with Gasteiger partial charge in [0.25, 0.3) is 0 Å². The van der Waals surface area contributed by atoms with E-state index < -0.39 is 34.9 Å². The van der Waals surface area contributed by atoms with Gasteiger partial charge in [-0.1, -0.05) is 0 Å². The zero-order valence-corrected chi connectivity index (χ0v) is 7.16. The summed E-state index contributed by atoms with van der Waals surface area (Å²) in [5.74, 6) is 0. The van der Waals surface area contributed by atoms with Gasteiger partial charge < -0.3 is 0 Å². The van der Waals surface area contributed by atoms with Crippen molar-refractivity contribution in [2.45, 2.75) is 11.0 Å². The van der Waals surface area contributed by atoms with Crippen LogP contribution in [0.25, 0.3) is 0 Å². The second-order valence-electron chi connectivity index (χ2n) is 1.51. The van der Waals surface area contributed by atoms with Gasteiger partial charge in [-0.3, -0.25) is 0 Å². The Bertz CT molecular complexity index is 125. The SMILES string of the molecule is CN(SC(F)(F)F)SC(F)(F)F. The Morgan fingerprint density at radius 2 is 1.08 bits per heavy atom. The van der Waals surface area contributed by atoms with E-state index in [1.54, 1.807) is 0 Å². The first kappa shape index (κ1) is 12.2. The molecule has 0 N–H and O–H groups in total. The summed E-state index contributed by atoms with van der Waals surface area (Å²) < 4.78 is 68.5. The van der Waals surface area contributed by atoms with Crippen LogP contribution in [0.5, 0.6) is 0 Å². The molecule has 0 saturated heterocycles. The van der Waals surface area contributed by atoms with Gasteiger partial charge in [-0.15, -0.1) is 0 Å². The Morgan fingerprint density at radius 3 is 1.25 bits per heavy atom. The van der Waals surface area contributed by atoms with E-state index in [4.69, 9.17) is 0 Å². The number of alkyl halides is 6. The minimum atomic E-state index is -4.69. The van der Waals surface area contributed by atoms with Crippen molar-refractivity contribution in [3.8, 4) is 0 Å². The highest BCUT2D eigenvalue weighted by Gasteiger charge is 2.37. The molecule has 0 rings (SSSR count). The maximum atomic E-state index is 11.4. The van der Waals surface area contributed by atoms with Gasteiger partial charge in [-0.2, -0.15) is 30.1 Å². The van der Waals surface area contributed by atoms with Crippen molar-refractivity contribution < 1.29 is 26.3 Å². The first-order valence-electron chi connectivity index (χ1n) is 2.35. The van der Waals surface area contributed by atoms with E-state index in [1.807, 2.05) is 0 Å². The van der Waals surface area contributed by atoms with Crippen LogP contribution in [-0.4, -0.2) is 21.8 Å². The van der Waals surface area contributed by atoms with Crippen LogP contribution in [-0.2, 0) is 0 Å². The minimum Gasteiger partial charge on any atom is -0.182 e. The van der Waals surface area contributed by atoms with E-state index in [-0.39, 0.29) is 3.71 Å². The van der Waals surface area contributed by atoms with Gasteiger partial charge in [-0.05, 0) is 0 Å². The first-order valence-corrected chi connectivity index (χ1v) is 3.90. The highest BCUT2D eigenvalue weighted by Crippen LogP contribution is 2.42. The summed E-state index contributed by atoms with van der Waals surface area (Å²) >= 11 is -1.68. The van der Waals surface area contributed by atoms with E-state index in [9.17, 15) is 26.3 Å². The van der Waals surface area contributed by atoms with Crippen LogP contribution in [0.2, 0.25) is 0 Å². The molecular formula is C3H3F6NS2. The van der Waals surface area contributed by atoms with Crippen molar-refractivity contribution in [1.82, 2.24) is 3.71 Å². The third-order valence-corrected chi connectivity index (χ3v) is 1.84. The van der Waals surface area contributed by atoms with Crippen LogP contribution >= 0.6 is 23.9 Å². The van der Waals surface area contributed by atoms with Gasteiger partial charge in [0, 0.05) is 30.9 Å². The van der Waals surface area contributed by atoms with Crippen LogP contribution in [0, 0.1) is 0 Å². The molecule has 9 heteroatoms. The smallest absolute Gasteiger partial charge is 0.182 e. The summed E-state index contributed by atoms with van der Waals surface area (Å²) in [4.78, 5) is 0. The molecule has 0 aliphatic carbocycles. The average molecular weight is 231 g/mol. The topological polar surface area (TPSA) is 3.24 Å². The molecule has 0 saturated carbocycles. The average Bonchev–Trinajstić information content (AvgIpc) is 1.49. The molecule has 0 heterocycles. The van der Waals surface area contributed by atoms with Gasteiger partial charge in [-0.25, -0.2) is 0 Å². The van der Waals surface area contributed by atoms with E-state index in [2.05, 4.69) is 0 Å². The van der Waals surface area contributed by atoms with Gasteiger partial charge in [0.15, 0.2) is 0 Å². The van der Waals surface area contributed by atoms with E-state index >= 15 is 0 Å². The Hall–Kier alpha value is 0.240. The predicted molar refractivity (Wildman–Crippen MR) is 35.1 cm³/mol. The highest BCUT2D eigenvalue weighted by atomic mass is 32.2.